The van der Waals surface area contributed by atoms with Crippen LogP contribution >= 0.6 is 0 Å². The minimum atomic E-state index is -0.533. The first-order valence-corrected chi connectivity index (χ1v) is 13.9. The highest BCUT2D eigenvalue weighted by atomic mass is 16.8. The van der Waals surface area contributed by atoms with E-state index < -0.39 is 5.79 Å². The summed E-state index contributed by atoms with van der Waals surface area (Å²) >= 11 is 0. The molecular formula is C29H47NO5. The van der Waals surface area contributed by atoms with Gasteiger partial charge in [-0.15, -0.1) is 0 Å². The van der Waals surface area contributed by atoms with Gasteiger partial charge in [-0.1, -0.05) is 52.7 Å². The Balaban J connectivity index is 1.41. The number of hydrogen-bond donors (Lipinski definition) is 0. The van der Waals surface area contributed by atoms with Crippen molar-refractivity contribution in [3.05, 3.63) is 29.8 Å². The van der Waals surface area contributed by atoms with E-state index in [-0.39, 0.29) is 29.2 Å². The first-order chi connectivity index (χ1) is 16.8. The zero-order chi connectivity index (χ0) is 25.1. The van der Waals surface area contributed by atoms with Crippen LogP contribution in [0.5, 0.6) is 5.75 Å². The predicted molar refractivity (Wildman–Crippen MR) is 137 cm³/mol. The normalized spacial score (nSPS) is 37.1. The minimum Gasteiger partial charge on any atom is -0.491 e. The molecule has 3 aliphatic rings. The topological polar surface area (TPSA) is 52.7 Å². The first-order valence-electron chi connectivity index (χ1n) is 13.9. The Labute approximate surface area is 212 Å². The van der Waals surface area contributed by atoms with Crippen molar-refractivity contribution in [3.63, 3.8) is 0 Å². The molecule has 0 radical (unpaired) electrons. The maximum atomic E-state index is 6.75. The van der Waals surface area contributed by atoms with Gasteiger partial charge in [0.05, 0.1) is 31.5 Å². The van der Waals surface area contributed by atoms with Gasteiger partial charge in [-0.2, -0.15) is 5.06 Å². The zero-order valence-corrected chi connectivity index (χ0v) is 22.8. The fraction of sp³-hybridized carbons (Fsp3) is 0.793. The number of epoxide rings is 1. The van der Waals surface area contributed by atoms with Crippen LogP contribution in [0.1, 0.15) is 85.6 Å². The molecule has 3 fully saturated rings. The van der Waals surface area contributed by atoms with Crippen molar-refractivity contribution in [2.24, 2.45) is 5.92 Å². The van der Waals surface area contributed by atoms with Crippen molar-refractivity contribution in [1.82, 2.24) is 5.06 Å². The van der Waals surface area contributed by atoms with Gasteiger partial charge in [0.25, 0.3) is 0 Å². The molecule has 0 amide bonds. The van der Waals surface area contributed by atoms with Crippen LogP contribution in [0.15, 0.2) is 24.3 Å². The molecule has 0 saturated carbocycles. The molecule has 4 rings (SSSR count). The lowest BCUT2D eigenvalue weighted by molar-refractivity contribution is -0.368. The number of hydrogen-bond acceptors (Lipinski definition) is 6. The van der Waals surface area contributed by atoms with Gasteiger partial charge in [0.2, 0.25) is 0 Å². The van der Waals surface area contributed by atoms with E-state index in [1.54, 1.807) is 0 Å². The molecule has 1 spiro atoms. The van der Waals surface area contributed by atoms with Crippen molar-refractivity contribution in [1.29, 1.82) is 0 Å². The summed E-state index contributed by atoms with van der Waals surface area (Å²) in [5.41, 5.74) is 0.893. The smallest absolute Gasteiger partial charge is 0.175 e. The average Bonchev–Trinajstić information content (AvgIpc) is 3.62. The number of rotatable bonds is 12. The van der Waals surface area contributed by atoms with Crippen molar-refractivity contribution in [2.45, 2.75) is 116 Å². The second-order valence-electron chi connectivity index (χ2n) is 11.3. The summed E-state index contributed by atoms with van der Waals surface area (Å²) < 4.78 is 24.3. The number of benzene rings is 1. The molecule has 6 heteroatoms. The van der Waals surface area contributed by atoms with Crippen molar-refractivity contribution < 1.29 is 23.8 Å². The van der Waals surface area contributed by atoms with Gasteiger partial charge in [-0.05, 0) is 57.2 Å². The quantitative estimate of drug-likeness (QED) is 0.340. The van der Waals surface area contributed by atoms with Crippen LogP contribution in [0.4, 0.5) is 0 Å². The van der Waals surface area contributed by atoms with E-state index in [9.17, 15) is 0 Å². The van der Waals surface area contributed by atoms with Crippen molar-refractivity contribution in [2.75, 3.05) is 26.4 Å². The molecule has 0 bridgehead atoms. The fourth-order valence-corrected chi connectivity index (χ4v) is 5.88. The van der Waals surface area contributed by atoms with E-state index in [1.807, 2.05) is 12.1 Å². The van der Waals surface area contributed by atoms with Crippen molar-refractivity contribution >= 4 is 0 Å². The zero-order valence-electron chi connectivity index (χ0n) is 22.8. The van der Waals surface area contributed by atoms with E-state index >= 15 is 0 Å². The lowest BCUT2D eigenvalue weighted by Gasteiger charge is -2.61. The van der Waals surface area contributed by atoms with Gasteiger partial charge >= 0.3 is 0 Å². The maximum Gasteiger partial charge on any atom is 0.175 e. The minimum absolute atomic E-state index is 0.167. The SMILES string of the molecule is CCCCC1COC2(CC(C)(CC)N(OCCc3ccc(OCC4CO4)cc3)C(C)(CC)C2C)O1. The second kappa shape index (κ2) is 11.1. The molecule has 0 N–H and O–H groups in total. The summed E-state index contributed by atoms with van der Waals surface area (Å²) in [6, 6.07) is 8.35. The van der Waals surface area contributed by atoms with Gasteiger partial charge in [0.15, 0.2) is 5.79 Å². The monoisotopic (exact) mass is 489 g/mol. The predicted octanol–water partition coefficient (Wildman–Crippen LogP) is 5.92. The van der Waals surface area contributed by atoms with E-state index in [1.165, 1.54) is 18.4 Å². The van der Waals surface area contributed by atoms with Crippen LogP contribution in [-0.2, 0) is 25.5 Å². The number of piperidine rings is 1. The highest BCUT2D eigenvalue weighted by Gasteiger charge is 2.63. The third kappa shape index (κ3) is 5.72. The molecule has 3 heterocycles. The summed E-state index contributed by atoms with van der Waals surface area (Å²) in [7, 11) is 0. The Bertz CT molecular complexity index is 814. The van der Waals surface area contributed by atoms with E-state index in [0.29, 0.717) is 19.8 Å². The molecule has 1 aromatic rings. The highest BCUT2D eigenvalue weighted by Crippen LogP contribution is 2.54. The summed E-state index contributed by atoms with van der Waals surface area (Å²) in [6.07, 6.45) is 7.55. The highest BCUT2D eigenvalue weighted by molar-refractivity contribution is 5.27. The van der Waals surface area contributed by atoms with Crippen LogP contribution < -0.4 is 4.74 Å². The Hall–Kier alpha value is -1.18. The molecular weight excluding hydrogens is 442 g/mol. The molecule has 6 unspecified atom stereocenters. The fourth-order valence-electron chi connectivity index (χ4n) is 5.88. The third-order valence-electron chi connectivity index (χ3n) is 8.78. The molecule has 6 atom stereocenters. The Morgan fingerprint density at radius 2 is 1.77 bits per heavy atom. The summed E-state index contributed by atoms with van der Waals surface area (Å²) in [5, 5.41) is 2.31. The van der Waals surface area contributed by atoms with Crippen LogP contribution in [0, 0.1) is 5.92 Å². The van der Waals surface area contributed by atoms with Gasteiger partial charge in [0, 0.05) is 17.9 Å². The number of hydroxylamine groups is 2. The van der Waals surface area contributed by atoms with E-state index in [0.717, 1.165) is 44.5 Å². The lowest BCUT2D eigenvalue weighted by Crippen LogP contribution is -2.71. The van der Waals surface area contributed by atoms with Crippen LogP contribution in [0.25, 0.3) is 0 Å². The number of nitrogens with zero attached hydrogens (tertiary/aromatic N) is 1. The molecule has 0 aromatic heterocycles. The number of unbranched alkanes of at least 4 members (excludes halogenated alkanes) is 1. The molecule has 1 aromatic carbocycles. The van der Waals surface area contributed by atoms with E-state index in [2.05, 4.69) is 58.7 Å². The molecule has 3 saturated heterocycles. The molecule has 198 valence electrons. The maximum absolute atomic E-state index is 6.75. The Morgan fingerprint density at radius 3 is 2.40 bits per heavy atom. The average molecular weight is 490 g/mol. The first kappa shape index (κ1) is 26.9. The van der Waals surface area contributed by atoms with Crippen LogP contribution in [0.2, 0.25) is 0 Å². The van der Waals surface area contributed by atoms with E-state index in [4.69, 9.17) is 23.8 Å². The Morgan fingerprint density at radius 1 is 1.03 bits per heavy atom. The largest absolute Gasteiger partial charge is 0.491 e. The third-order valence-corrected chi connectivity index (χ3v) is 8.78. The molecule has 6 nitrogen and oxygen atoms in total. The molecule has 3 aliphatic heterocycles. The summed E-state index contributed by atoms with van der Waals surface area (Å²) in [5.74, 6) is 0.555. The van der Waals surface area contributed by atoms with Gasteiger partial charge in [-0.3, -0.25) is 4.84 Å². The summed E-state index contributed by atoms with van der Waals surface area (Å²) in [4.78, 5) is 6.66. The van der Waals surface area contributed by atoms with Crippen LogP contribution in [0.3, 0.4) is 0 Å². The van der Waals surface area contributed by atoms with Crippen molar-refractivity contribution in [3.8, 4) is 5.75 Å². The lowest BCUT2D eigenvalue weighted by atomic mass is 9.67. The van der Waals surface area contributed by atoms with Gasteiger partial charge < -0.3 is 18.9 Å². The number of ether oxygens (including phenoxy) is 4. The molecule has 35 heavy (non-hydrogen) atoms. The van der Waals surface area contributed by atoms with Gasteiger partial charge in [0.1, 0.15) is 18.5 Å². The van der Waals surface area contributed by atoms with Crippen LogP contribution in [-0.4, -0.2) is 60.6 Å². The second-order valence-corrected chi connectivity index (χ2v) is 11.3. The molecule has 0 aliphatic carbocycles. The summed E-state index contributed by atoms with van der Waals surface area (Å²) in [6.45, 7) is 16.5. The van der Waals surface area contributed by atoms with Gasteiger partial charge in [-0.25, -0.2) is 0 Å². The Kier molecular flexibility index (Phi) is 8.49. The standard InChI is InChI=1S/C29H47NO5/c1-7-10-11-25-20-33-29(35-25)21-27(5,8-2)30(28(6,9-3)22(29)4)34-17-16-23-12-14-24(15-13-23)31-18-26-19-32-26/h12-15,22,25-26H,7-11,16-21H2,1-6H3.